The molecule has 2 aromatic rings. The number of para-hydroxylation sites is 2. The fourth-order valence-corrected chi connectivity index (χ4v) is 2.88. The van der Waals surface area contributed by atoms with Crippen LogP contribution >= 0.6 is 0 Å². The van der Waals surface area contributed by atoms with Crippen molar-refractivity contribution < 1.29 is 9.59 Å². The first-order valence-corrected chi connectivity index (χ1v) is 8.91. The monoisotopic (exact) mass is 344 g/mol. The maximum atomic E-state index is 12.8. The fourth-order valence-electron chi connectivity index (χ4n) is 2.88. The third-order valence-electron chi connectivity index (χ3n) is 4.28. The lowest BCUT2D eigenvalue weighted by Crippen LogP contribution is -2.36. The Kier molecular flexibility index (Phi) is 6.56. The highest BCUT2D eigenvalue weighted by Gasteiger charge is 2.18. The van der Waals surface area contributed by atoms with Crippen LogP contribution < -0.4 is 0 Å². The minimum absolute atomic E-state index is 0.0245. The van der Waals surface area contributed by atoms with Crippen LogP contribution in [-0.4, -0.2) is 51.3 Å². The molecule has 136 valence electrons. The molecule has 6 heteroatoms. The molecule has 0 aliphatic heterocycles. The Morgan fingerprint density at radius 2 is 1.76 bits per heavy atom. The highest BCUT2D eigenvalue weighted by molar-refractivity contribution is 5.81. The summed E-state index contributed by atoms with van der Waals surface area (Å²) in [4.78, 5) is 32.5. The van der Waals surface area contributed by atoms with E-state index in [1.165, 1.54) is 6.92 Å². The number of hydrogen-bond acceptors (Lipinski definition) is 3. The average Bonchev–Trinajstić information content (AvgIpc) is 2.92. The van der Waals surface area contributed by atoms with Crippen LogP contribution in [0, 0.1) is 0 Å². The molecule has 0 unspecified atom stereocenters. The Morgan fingerprint density at radius 1 is 1.12 bits per heavy atom. The summed E-state index contributed by atoms with van der Waals surface area (Å²) in [6.07, 6.45) is 1.88. The van der Waals surface area contributed by atoms with Gasteiger partial charge in [0.1, 0.15) is 12.4 Å². The van der Waals surface area contributed by atoms with Gasteiger partial charge in [-0.25, -0.2) is 4.98 Å². The number of amides is 2. The van der Waals surface area contributed by atoms with Crippen molar-refractivity contribution in [1.29, 1.82) is 0 Å². The third kappa shape index (κ3) is 4.59. The third-order valence-corrected chi connectivity index (χ3v) is 4.28. The molecule has 0 saturated carbocycles. The van der Waals surface area contributed by atoms with E-state index in [9.17, 15) is 9.59 Å². The van der Waals surface area contributed by atoms with Gasteiger partial charge >= 0.3 is 0 Å². The zero-order chi connectivity index (χ0) is 18.4. The van der Waals surface area contributed by atoms with Gasteiger partial charge in [0.15, 0.2) is 0 Å². The Labute approximate surface area is 149 Å². The van der Waals surface area contributed by atoms with Crippen molar-refractivity contribution in [3.8, 4) is 0 Å². The molecule has 1 aromatic carbocycles. The van der Waals surface area contributed by atoms with Crippen molar-refractivity contribution in [2.75, 3.05) is 20.1 Å². The zero-order valence-corrected chi connectivity index (χ0v) is 15.7. The van der Waals surface area contributed by atoms with Gasteiger partial charge in [-0.2, -0.15) is 0 Å². The molecule has 0 N–H and O–H groups in total. The van der Waals surface area contributed by atoms with E-state index >= 15 is 0 Å². The molecule has 1 heterocycles. The summed E-state index contributed by atoms with van der Waals surface area (Å²) in [7, 11) is 1.74. The number of imidazole rings is 1. The second-order valence-corrected chi connectivity index (χ2v) is 6.36. The van der Waals surface area contributed by atoms with Crippen molar-refractivity contribution in [1.82, 2.24) is 19.4 Å². The number of benzene rings is 1. The molecule has 0 spiro atoms. The van der Waals surface area contributed by atoms with E-state index in [2.05, 4.69) is 18.8 Å². The molecule has 2 amide bonds. The largest absolute Gasteiger partial charge is 0.341 e. The molecule has 0 fully saturated rings. The van der Waals surface area contributed by atoms with Crippen molar-refractivity contribution in [3.05, 3.63) is 30.1 Å². The number of hydrogen-bond donors (Lipinski definition) is 0. The second-order valence-electron chi connectivity index (χ2n) is 6.36. The maximum Gasteiger partial charge on any atom is 0.242 e. The van der Waals surface area contributed by atoms with Gasteiger partial charge in [-0.05, 0) is 25.0 Å². The predicted molar refractivity (Wildman–Crippen MR) is 99.0 cm³/mol. The normalized spacial score (nSPS) is 10.9. The van der Waals surface area contributed by atoms with Crippen LogP contribution in [0.5, 0.6) is 0 Å². The van der Waals surface area contributed by atoms with Crippen LogP contribution in [0.1, 0.15) is 39.4 Å². The Balaban J connectivity index is 2.33. The van der Waals surface area contributed by atoms with Crippen molar-refractivity contribution >= 4 is 22.8 Å². The van der Waals surface area contributed by atoms with Gasteiger partial charge in [0.2, 0.25) is 11.8 Å². The van der Waals surface area contributed by atoms with E-state index in [1.807, 2.05) is 33.7 Å². The zero-order valence-electron chi connectivity index (χ0n) is 15.7. The molecule has 0 aliphatic carbocycles. The molecule has 25 heavy (non-hydrogen) atoms. The SMILES string of the molecule is CCCN(CCC)C(=O)Cn1c(CN(C)C(C)=O)nc2ccccc21. The first kappa shape index (κ1) is 19.0. The van der Waals surface area contributed by atoms with Crippen LogP contribution in [0.4, 0.5) is 0 Å². The van der Waals surface area contributed by atoms with E-state index < -0.39 is 0 Å². The number of carbonyl (C=O) groups is 2. The molecule has 6 nitrogen and oxygen atoms in total. The highest BCUT2D eigenvalue weighted by Crippen LogP contribution is 2.18. The molecule has 0 aliphatic rings. The molecule has 0 bridgehead atoms. The van der Waals surface area contributed by atoms with Gasteiger partial charge in [0.05, 0.1) is 17.6 Å². The first-order valence-electron chi connectivity index (χ1n) is 8.91. The van der Waals surface area contributed by atoms with Gasteiger partial charge in [0, 0.05) is 27.1 Å². The summed E-state index contributed by atoms with van der Waals surface area (Å²) in [5.41, 5.74) is 1.77. The number of aromatic nitrogens is 2. The highest BCUT2D eigenvalue weighted by atomic mass is 16.2. The molecule has 0 saturated heterocycles. The summed E-state index contributed by atoms with van der Waals surface area (Å²) in [6.45, 7) is 7.86. The molecule has 2 rings (SSSR count). The van der Waals surface area contributed by atoms with Crippen LogP contribution in [0.25, 0.3) is 11.0 Å². The Bertz CT molecular complexity index is 732. The van der Waals surface area contributed by atoms with Crippen LogP contribution in [0.3, 0.4) is 0 Å². The first-order chi connectivity index (χ1) is 12.0. The van der Waals surface area contributed by atoms with Crippen molar-refractivity contribution in [2.24, 2.45) is 0 Å². The van der Waals surface area contributed by atoms with Crippen LogP contribution in [-0.2, 0) is 22.7 Å². The summed E-state index contributed by atoms with van der Waals surface area (Å²) >= 11 is 0. The molecular weight excluding hydrogens is 316 g/mol. The summed E-state index contributed by atoms with van der Waals surface area (Å²) in [5.74, 6) is 0.808. The van der Waals surface area contributed by atoms with Crippen LogP contribution in [0.2, 0.25) is 0 Å². The van der Waals surface area contributed by atoms with E-state index in [0.29, 0.717) is 6.54 Å². The van der Waals surface area contributed by atoms with E-state index in [-0.39, 0.29) is 18.4 Å². The quantitative estimate of drug-likeness (QED) is 0.740. The molecule has 0 atom stereocenters. The van der Waals surface area contributed by atoms with Gasteiger partial charge in [-0.1, -0.05) is 26.0 Å². The second kappa shape index (κ2) is 8.65. The van der Waals surface area contributed by atoms with Gasteiger partial charge in [-0.15, -0.1) is 0 Å². The minimum Gasteiger partial charge on any atom is -0.341 e. The lowest BCUT2D eigenvalue weighted by Gasteiger charge is -2.23. The number of carbonyl (C=O) groups excluding carboxylic acids is 2. The van der Waals surface area contributed by atoms with Gasteiger partial charge in [-0.3, -0.25) is 9.59 Å². The van der Waals surface area contributed by atoms with E-state index in [1.54, 1.807) is 11.9 Å². The van der Waals surface area contributed by atoms with Gasteiger partial charge < -0.3 is 14.4 Å². The van der Waals surface area contributed by atoms with E-state index in [0.717, 1.165) is 42.8 Å². The van der Waals surface area contributed by atoms with Crippen molar-refractivity contribution in [2.45, 2.75) is 46.7 Å². The van der Waals surface area contributed by atoms with Crippen LogP contribution in [0.15, 0.2) is 24.3 Å². The molecule has 1 aromatic heterocycles. The van der Waals surface area contributed by atoms with E-state index in [4.69, 9.17) is 0 Å². The molecule has 0 radical (unpaired) electrons. The topological polar surface area (TPSA) is 58.4 Å². The lowest BCUT2D eigenvalue weighted by atomic mass is 10.3. The van der Waals surface area contributed by atoms with Gasteiger partial charge in [0.25, 0.3) is 0 Å². The minimum atomic E-state index is -0.0245. The summed E-state index contributed by atoms with van der Waals surface area (Å²) in [6, 6.07) is 7.78. The number of rotatable bonds is 8. The smallest absolute Gasteiger partial charge is 0.242 e. The Hall–Kier alpha value is -2.37. The summed E-state index contributed by atoms with van der Waals surface area (Å²) < 4.78 is 1.94. The average molecular weight is 344 g/mol. The number of nitrogens with zero attached hydrogens (tertiary/aromatic N) is 4. The predicted octanol–water partition coefficient (Wildman–Crippen LogP) is 2.66. The standard InChI is InChI=1S/C19H28N4O2/c1-5-11-22(12-6-2)19(25)14-23-17-10-8-7-9-16(17)20-18(23)13-21(4)15(3)24/h7-10H,5-6,11-14H2,1-4H3. The fraction of sp³-hybridized carbons (Fsp3) is 0.526. The number of fused-ring (bicyclic) bond motifs is 1. The lowest BCUT2D eigenvalue weighted by molar-refractivity contribution is -0.131. The summed E-state index contributed by atoms with van der Waals surface area (Å²) in [5, 5.41) is 0. The Morgan fingerprint density at radius 3 is 2.36 bits per heavy atom. The van der Waals surface area contributed by atoms with Crippen molar-refractivity contribution in [3.63, 3.8) is 0 Å². The molecular formula is C19H28N4O2. The maximum absolute atomic E-state index is 12.8.